The summed E-state index contributed by atoms with van der Waals surface area (Å²) in [5.41, 5.74) is 6.79. The molecule has 0 aliphatic rings. The Morgan fingerprint density at radius 2 is 2.00 bits per heavy atom. The van der Waals surface area contributed by atoms with Crippen molar-refractivity contribution in [2.75, 3.05) is 13.2 Å². The lowest BCUT2D eigenvalue weighted by atomic mass is 10.1. The number of esters is 1. The lowest BCUT2D eigenvalue weighted by Crippen LogP contribution is -2.43. The molecule has 1 aromatic rings. The topological polar surface area (TPSA) is 81.4 Å². The molecule has 0 aliphatic heterocycles. The molecule has 5 heteroatoms. The summed E-state index contributed by atoms with van der Waals surface area (Å²) in [6.07, 6.45) is 0.486. The average molecular weight is 250 g/mol. The summed E-state index contributed by atoms with van der Waals surface area (Å²) in [6, 6.07) is 8.97. The van der Waals surface area contributed by atoms with Crippen LogP contribution in [0.4, 0.5) is 0 Å². The van der Waals surface area contributed by atoms with Crippen molar-refractivity contribution in [3.8, 4) is 0 Å². The summed E-state index contributed by atoms with van der Waals surface area (Å²) in [5.74, 6) is -0.608. The van der Waals surface area contributed by atoms with Gasteiger partial charge in [0, 0.05) is 6.92 Å². The maximum absolute atomic E-state index is 11.6. The van der Waals surface area contributed by atoms with Gasteiger partial charge in [0.15, 0.2) is 0 Å². The normalized spacial score (nSPS) is 11.7. The smallest absolute Gasteiger partial charge is 0.302 e. The van der Waals surface area contributed by atoms with E-state index in [4.69, 9.17) is 10.5 Å². The van der Waals surface area contributed by atoms with E-state index in [0.29, 0.717) is 6.42 Å². The van der Waals surface area contributed by atoms with Gasteiger partial charge in [-0.2, -0.15) is 0 Å². The standard InChI is InChI=1S/C13H18N2O3/c1-10(16)18-8-7-15-13(17)12(14)9-11-5-3-2-4-6-11/h2-6,12H,7-9,14H2,1H3,(H,15,17)/t12-/m0/s1. The van der Waals surface area contributed by atoms with Gasteiger partial charge in [0.05, 0.1) is 12.6 Å². The third kappa shape index (κ3) is 5.45. The number of rotatable bonds is 6. The van der Waals surface area contributed by atoms with Crippen LogP contribution < -0.4 is 11.1 Å². The second-order valence-corrected chi connectivity index (χ2v) is 3.93. The SMILES string of the molecule is CC(=O)OCCNC(=O)[C@@H](N)Cc1ccccc1. The minimum Gasteiger partial charge on any atom is -0.464 e. The van der Waals surface area contributed by atoms with Gasteiger partial charge < -0.3 is 15.8 Å². The van der Waals surface area contributed by atoms with Gasteiger partial charge in [-0.25, -0.2) is 0 Å². The van der Waals surface area contributed by atoms with Gasteiger partial charge in [0.1, 0.15) is 6.61 Å². The number of carbonyl (C=O) groups excluding carboxylic acids is 2. The first-order valence-corrected chi connectivity index (χ1v) is 5.80. The Bertz CT molecular complexity index is 392. The van der Waals surface area contributed by atoms with E-state index >= 15 is 0 Å². The van der Waals surface area contributed by atoms with Gasteiger partial charge in [-0.3, -0.25) is 9.59 Å². The molecule has 5 nitrogen and oxygen atoms in total. The van der Waals surface area contributed by atoms with E-state index in [1.807, 2.05) is 30.3 Å². The van der Waals surface area contributed by atoms with E-state index in [2.05, 4.69) is 5.32 Å². The summed E-state index contributed by atoms with van der Waals surface area (Å²) >= 11 is 0. The zero-order valence-corrected chi connectivity index (χ0v) is 10.4. The molecule has 1 amide bonds. The molecule has 1 rings (SSSR count). The van der Waals surface area contributed by atoms with E-state index in [-0.39, 0.29) is 25.0 Å². The van der Waals surface area contributed by atoms with Gasteiger partial charge in [0.2, 0.25) is 5.91 Å². The van der Waals surface area contributed by atoms with Crippen LogP contribution in [0.25, 0.3) is 0 Å². The van der Waals surface area contributed by atoms with E-state index in [1.54, 1.807) is 0 Å². The van der Waals surface area contributed by atoms with Gasteiger partial charge in [0.25, 0.3) is 0 Å². The third-order valence-electron chi connectivity index (χ3n) is 2.34. The van der Waals surface area contributed by atoms with E-state index in [1.165, 1.54) is 6.92 Å². The largest absolute Gasteiger partial charge is 0.464 e. The lowest BCUT2D eigenvalue weighted by Gasteiger charge is -2.12. The number of ether oxygens (including phenoxy) is 1. The van der Waals surface area contributed by atoms with E-state index in [9.17, 15) is 9.59 Å². The van der Waals surface area contributed by atoms with Crippen LogP contribution in [0.5, 0.6) is 0 Å². The van der Waals surface area contributed by atoms with Crippen LogP contribution in [-0.4, -0.2) is 31.1 Å². The first-order valence-electron chi connectivity index (χ1n) is 5.80. The molecular formula is C13H18N2O3. The molecule has 0 aliphatic carbocycles. The molecule has 0 spiro atoms. The van der Waals surface area contributed by atoms with Gasteiger partial charge in [-0.05, 0) is 12.0 Å². The van der Waals surface area contributed by atoms with Crippen molar-refractivity contribution >= 4 is 11.9 Å². The van der Waals surface area contributed by atoms with Crippen LogP contribution in [0.2, 0.25) is 0 Å². The fraction of sp³-hybridized carbons (Fsp3) is 0.385. The Kier molecular flexibility index (Phi) is 5.87. The Hall–Kier alpha value is -1.88. The van der Waals surface area contributed by atoms with Crippen molar-refractivity contribution in [2.24, 2.45) is 5.73 Å². The van der Waals surface area contributed by atoms with Crippen molar-refractivity contribution in [1.29, 1.82) is 0 Å². The fourth-order valence-corrected chi connectivity index (χ4v) is 1.46. The molecule has 0 aromatic heterocycles. The zero-order valence-electron chi connectivity index (χ0n) is 10.4. The van der Waals surface area contributed by atoms with Crippen molar-refractivity contribution in [3.63, 3.8) is 0 Å². The fourth-order valence-electron chi connectivity index (χ4n) is 1.46. The quantitative estimate of drug-likeness (QED) is 0.559. The molecule has 0 bridgehead atoms. The highest BCUT2D eigenvalue weighted by atomic mass is 16.5. The predicted molar refractivity (Wildman–Crippen MR) is 67.8 cm³/mol. The number of benzene rings is 1. The van der Waals surface area contributed by atoms with Crippen molar-refractivity contribution in [2.45, 2.75) is 19.4 Å². The number of amides is 1. The summed E-state index contributed by atoms with van der Waals surface area (Å²) in [6.45, 7) is 1.77. The van der Waals surface area contributed by atoms with Crippen molar-refractivity contribution in [3.05, 3.63) is 35.9 Å². The molecule has 3 N–H and O–H groups in total. The highest BCUT2D eigenvalue weighted by Gasteiger charge is 2.13. The minimum atomic E-state index is -0.593. The average Bonchev–Trinajstić information content (AvgIpc) is 2.35. The van der Waals surface area contributed by atoms with Crippen LogP contribution in [-0.2, 0) is 20.7 Å². The Morgan fingerprint density at radius 1 is 1.33 bits per heavy atom. The molecule has 1 aromatic carbocycles. The summed E-state index contributed by atoms with van der Waals surface area (Å²) in [5, 5.41) is 2.62. The maximum atomic E-state index is 11.6. The number of nitrogens with one attached hydrogen (secondary N) is 1. The first kappa shape index (κ1) is 14.2. The number of nitrogens with two attached hydrogens (primary N) is 1. The molecule has 0 saturated carbocycles. The molecule has 0 radical (unpaired) electrons. The summed E-state index contributed by atoms with van der Waals surface area (Å²) < 4.78 is 4.70. The van der Waals surface area contributed by atoms with Crippen LogP contribution in [0.3, 0.4) is 0 Å². The van der Waals surface area contributed by atoms with Crippen molar-refractivity contribution < 1.29 is 14.3 Å². The summed E-state index contributed by atoms with van der Waals surface area (Å²) in [7, 11) is 0. The maximum Gasteiger partial charge on any atom is 0.302 e. The lowest BCUT2D eigenvalue weighted by molar-refractivity contribution is -0.141. The first-order chi connectivity index (χ1) is 8.59. The second-order valence-electron chi connectivity index (χ2n) is 3.93. The molecular weight excluding hydrogens is 232 g/mol. The number of carbonyl (C=O) groups is 2. The van der Waals surface area contributed by atoms with Crippen LogP contribution in [0.15, 0.2) is 30.3 Å². The molecule has 18 heavy (non-hydrogen) atoms. The monoisotopic (exact) mass is 250 g/mol. The third-order valence-corrected chi connectivity index (χ3v) is 2.34. The Balaban J connectivity index is 2.27. The summed E-state index contributed by atoms with van der Waals surface area (Å²) in [4.78, 5) is 22.1. The Labute approximate surface area is 106 Å². The molecule has 1 atom stereocenters. The van der Waals surface area contributed by atoms with Crippen LogP contribution in [0.1, 0.15) is 12.5 Å². The minimum absolute atomic E-state index is 0.166. The van der Waals surface area contributed by atoms with Gasteiger partial charge in [-0.1, -0.05) is 30.3 Å². The molecule has 98 valence electrons. The predicted octanol–water partition coefficient (Wildman–Crippen LogP) is 0.236. The molecule has 0 saturated heterocycles. The van der Waals surface area contributed by atoms with Crippen molar-refractivity contribution in [1.82, 2.24) is 5.32 Å². The van der Waals surface area contributed by atoms with Crippen LogP contribution in [0, 0.1) is 0 Å². The van der Waals surface area contributed by atoms with E-state index in [0.717, 1.165) is 5.56 Å². The van der Waals surface area contributed by atoms with E-state index < -0.39 is 6.04 Å². The highest BCUT2D eigenvalue weighted by molar-refractivity contribution is 5.81. The second kappa shape index (κ2) is 7.45. The highest BCUT2D eigenvalue weighted by Crippen LogP contribution is 2.01. The molecule has 0 unspecified atom stereocenters. The molecule has 0 fully saturated rings. The van der Waals surface area contributed by atoms with Crippen LogP contribution >= 0.6 is 0 Å². The number of hydrogen-bond donors (Lipinski definition) is 2. The van der Waals surface area contributed by atoms with Gasteiger partial charge >= 0.3 is 5.97 Å². The zero-order chi connectivity index (χ0) is 13.4. The Morgan fingerprint density at radius 3 is 2.61 bits per heavy atom. The molecule has 0 heterocycles. The van der Waals surface area contributed by atoms with Gasteiger partial charge in [-0.15, -0.1) is 0 Å². The number of hydrogen-bond acceptors (Lipinski definition) is 4.